The minimum Gasteiger partial charge on any atom is -0.406 e. The molecule has 8 heteroatoms. The van der Waals surface area contributed by atoms with Crippen LogP contribution >= 0.6 is 0 Å². The normalized spacial score (nSPS) is 14.7. The quantitative estimate of drug-likeness (QED) is 0.867. The number of nitrogens with one attached hydrogen (secondary N) is 1. The van der Waals surface area contributed by atoms with Crippen molar-refractivity contribution in [3.63, 3.8) is 0 Å². The van der Waals surface area contributed by atoms with Crippen molar-refractivity contribution in [3.05, 3.63) is 65.2 Å². The predicted molar refractivity (Wildman–Crippen MR) is 90.9 cm³/mol. The zero-order valence-electron chi connectivity index (χ0n) is 14.4. The second-order valence-electron chi connectivity index (χ2n) is 6.22. The van der Waals surface area contributed by atoms with E-state index in [0.717, 1.165) is 5.56 Å². The maximum Gasteiger partial charge on any atom is 0.573 e. The Balaban J connectivity index is 1.56. The van der Waals surface area contributed by atoms with Crippen molar-refractivity contribution in [2.75, 3.05) is 6.54 Å². The monoisotopic (exact) mass is 378 g/mol. The zero-order valence-corrected chi connectivity index (χ0v) is 14.4. The van der Waals surface area contributed by atoms with Crippen molar-refractivity contribution in [1.82, 2.24) is 10.2 Å². The summed E-state index contributed by atoms with van der Waals surface area (Å²) in [5, 5.41) is 2.74. The van der Waals surface area contributed by atoms with Crippen LogP contribution in [-0.4, -0.2) is 29.6 Å². The van der Waals surface area contributed by atoms with Gasteiger partial charge in [-0.2, -0.15) is 0 Å². The van der Waals surface area contributed by atoms with Gasteiger partial charge in [-0.05, 0) is 36.2 Å². The summed E-state index contributed by atoms with van der Waals surface area (Å²) >= 11 is 0. The molecule has 2 amide bonds. The first-order valence-electron chi connectivity index (χ1n) is 8.25. The molecule has 0 saturated heterocycles. The van der Waals surface area contributed by atoms with E-state index in [1.807, 2.05) is 12.1 Å². The minimum atomic E-state index is -4.75. The molecule has 1 heterocycles. The fourth-order valence-electron chi connectivity index (χ4n) is 2.94. The zero-order chi connectivity index (χ0) is 19.6. The lowest BCUT2D eigenvalue weighted by molar-refractivity contribution is -0.274. The topological polar surface area (TPSA) is 58.6 Å². The first-order valence-corrected chi connectivity index (χ1v) is 8.25. The van der Waals surface area contributed by atoms with E-state index in [1.54, 1.807) is 19.1 Å². The Bertz CT molecular complexity index is 850. The Hall–Kier alpha value is -3.03. The van der Waals surface area contributed by atoms with Gasteiger partial charge in [0, 0.05) is 12.1 Å². The van der Waals surface area contributed by atoms with Crippen LogP contribution in [0.1, 0.15) is 34.5 Å². The number of alkyl halides is 3. The van der Waals surface area contributed by atoms with Crippen LogP contribution in [-0.2, 0) is 11.3 Å². The van der Waals surface area contributed by atoms with E-state index in [9.17, 15) is 22.8 Å². The van der Waals surface area contributed by atoms with Crippen molar-refractivity contribution in [3.8, 4) is 5.75 Å². The summed E-state index contributed by atoms with van der Waals surface area (Å²) in [4.78, 5) is 26.0. The summed E-state index contributed by atoms with van der Waals surface area (Å²) in [6.07, 6.45) is -4.75. The fraction of sp³-hybridized carbons (Fsp3) is 0.263. The average Bonchev–Trinajstić information content (AvgIpc) is 2.90. The van der Waals surface area contributed by atoms with Crippen LogP contribution in [0.25, 0.3) is 0 Å². The number of carbonyl (C=O) groups is 2. The number of hydrogen-bond donors (Lipinski definition) is 1. The standard InChI is InChI=1S/C19H17F3N2O3/c1-12(13-6-8-15(9-7-13)27-19(20,21)22)23-17(25)11-24-10-14-4-2-3-5-16(14)18(24)26/h2-9,12H,10-11H2,1H3,(H,23,25)/t12-/m0/s1. The van der Waals surface area contributed by atoms with E-state index < -0.39 is 12.4 Å². The number of carbonyl (C=O) groups excluding carboxylic acids is 2. The number of benzene rings is 2. The van der Waals surface area contributed by atoms with E-state index in [1.165, 1.54) is 29.2 Å². The lowest BCUT2D eigenvalue weighted by Crippen LogP contribution is -2.38. The Morgan fingerprint density at radius 2 is 1.85 bits per heavy atom. The maximum absolute atomic E-state index is 12.3. The van der Waals surface area contributed by atoms with E-state index in [0.29, 0.717) is 17.7 Å². The number of halogens is 3. The lowest BCUT2D eigenvalue weighted by Gasteiger charge is -2.19. The molecule has 5 nitrogen and oxygen atoms in total. The molecular formula is C19H17F3N2O3. The van der Waals surface area contributed by atoms with Crippen molar-refractivity contribution >= 4 is 11.8 Å². The van der Waals surface area contributed by atoms with Crippen LogP contribution in [0.2, 0.25) is 0 Å². The Labute approximate surface area is 153 Å². The Morgan fingerprint density at radius 1 is 1.19 bits per heavy atom. The molecule has 0 radical (unpaired) electrons. The summed E-state index contributed by atoms with van der Waals surface area (Å²) in [5.41, 5.74) is 2.09. The number of amides is 2. The highest BCUT2D eigenvalue weighted by molar-refractivity contribution is 6.00. The van der Waals surface area contributed by atoms with Gasteiger partial charge in [0.05, 0.1) is 6.04 Å². The molecule has 1 atom stereocenters. The molecule has 142 valence electrons. The van der Waals surface area contributed by atoms with Gasteiger partial charge in [-0.15, -0.1) is 13.2 Å². The minimum absolute atomic E-state index is 0.0902. The molecule has 0 aromatic heterocycles. The van der Waals surface area contributed by atoms with Gasteiger partial charge >= 0.3 is 6.36 Å². The first-order chi connectivity index (χ1) is 12.7. The van der Waals surface area contributed by atoms with Crippen molar-refractivity contribution in [2.45, 2.75) is 25.9 Å². The van der Waals surface area contributed by atoms with Crippen LogP contribution in [0.5, 0.6) is 5.75 Å². The van der Waals surface area contributed by atoms with Gasteiger partial charge < -0.3 is 15.0 Å². The van der Waals surface area contributed by atoms with Crippen LogP contribution in [0, 0.1) is 0 Å². The first kappa shape index (κ1) is 18.8. The highest BCUT2D eigenvalue weighted by Crippen LogP contribution is 2.25. The smallest absolute Gasteiger partial charge is 0.406 e. The average molecular weight is 378 g/mol. The molecule has 0 fully saturated rings. The number of fused-ring (bicyclic) bond motifs is 1. The van der Waals surface area contributed by atoms with Crippen LogP contribution in [0.15, 0.2) is 48.5 Å². The van der Waals surface area contributed by atoms with Gasteiger partial charge in [-0.3, -0.25) is 9.59 Å². The van der Waals surface area contributed by atoms with Gasteiger partial charge in [0.15, 0.2) is 0 Å². The number of rotatable bonds is 5. The molecule has 0 unspecified atom stereocenters. The highest BCUT2D eigenvalue weighted by Gasteiger charge is 2.31. The maximum atomic E-state index is 12.3. The molecular weight excluding hydrogens is 361 g/mol. The van der Waals surface area contributed by atoms with Gasteiger partial charge in [0.25, 0.3) is 5.91 Å². The number of nitrogens with zero attached hydrogens (tertiary/aromatic N) is 1. The van der Waals surface area contributed by atoms with Gasteiger partial charge in [0.1, 0.15) is 12.3 Å². The third-order valence-electron chi connectivity index (χ3n) is 4.22. The molecule has 1 N–H and O–H groups in total. The molecule has 27 heavy (non-hydrogen) atoms. The summed E-state index contributed by atoms with van der Waals surface area (Å²) in [5.74, 6) is -0.869. The second-order valence-corrected chi connectivity index (χ2v) is 6.22. The SMILES string of the molecule is C[C@H](NC(=O)CN1Cc2ccccc2C1=O)c1ccc(OC(F)(F)F)cc1. The molecule has 1 aliphatic rings. The fourth-order valence-corrected chi connectivity index (χ4v) is 2.94. The van der Waals surface area contributed by atoms with E-state index >= 15 is 0 Å². The summed E-state index contributed by atoms with van der Waals surface area (Å²) in [6, 6.07) is 12.0. The van der Waals surface area contributed by atoms with Crippen molar-refractivity contribution < 1.29 is 27.5 Å². The van der Waals surface area contributed by atoms with Gasteiger partial charge in [-0.1, -0.05) is 30.3 Å². The number of hydrogen-bond acceptors (Lipinski definition) is 3. The third kappa shape index (κ3) is 4.58. The van der Waals surface area contributed by atoms with E-state index in [-0.39, 0.29) is 24.1 Å². The lowest BCUT2D eigenvalue weighted by atomic mass is 10.1. The molecule has 2 aromatic rings. The van der Waals surface area contributed by atoms with Crippen molar-refractivity contribution in [1.29, 1.82) is 0 Å². The van der Waals surface area contributed by atoms with Crippen molar-refractivity contribution in [2.24, 2.45) is 0 Å². The van der Waals surface area contributed by atoms with Gasteiger partial charge in [-0.25, -0.2) is 0 Å². The van der Waals surface area contributed by atoms with E-state index in [4.69, 9.17) is 0 Å². The van der Waals surface area contributed by atoms with Gasteiger partial charge in [0.2, 0.25) is 5.91 Å². The Morgan fingerprint density at radius 3 is 2.48 bits per heavy atom. The largest absolute Gasteiger partial charge is 0.573 e. The summed E-state index contributed by atoms with van der Waals surface area (Å²) in [7, 11) is 0. The summed E-state index contributed by atoms with van der Waals surface area (Å²) < 4.78 is 40.4. The van der Waals surface area contributed by atoms with E-state index in [2.05, 4.69) is 10.1 Å². The highest BCUT2D eigenvalue weighted by atomic mass is 19.4. The Kier molecular flexibility index (Phi) is 5.07. The summed E-state index contributed by atoms with van der Waals surface area (Å²) in [6.45, 7) is 1.99. The third-order valence-corrected chi connectivity index (χ3v) is 4.22. The molecule has 3 rings (SSSR count). The molecule has 2 aromatic carbocycles. The number of ether oxygens (including phenoxy) is 1. The second kappa shape index (κ2) is 7.30. The van der Waals surface area contributed by atoms with Crippen LogP contribution in [0.4, 0.5) is 13.2 Å². The molecule has 1 aliphatic heterocycles. The predicted octanol–water partition coefficient (Wildman–Crippen LogP) is 3.42. The molecule has 0 bridgehead atoms. The van der Waals surface area contributed by atoms with Crippen LogP contribution < -0.4 is 10.1 Å². The molecule has 0 aliphatic carbocycles. The van der Waals surface area contributed by atoms with Crippen LogP contribution in [0.3, 0.4) is 0 Å². The molecule has 0 saturated carbocycles. The molecule has 0 spiro atoms.